The lowest BCUT2D eigenvalue weighted by Crippen LogP contribution is -2.67. The van der Waals surface area contributed by atoms with Gasteiger partial charge < -0.3 is 4.90 Å². The maximum atomic E-state index is 4.49. The molecule has 2 nitrogen and oxygen atoms in total. The molecule has 0 spiro atoms. The van der Waals surface area contributed by atoms with Gasteiger partial charge in [0.25, 0.3) is 0 Å². The van der Waals surface area contributed by atoms with E-state index in [4.69, 9.17) is 0 Å². The minimum atomic E-state index is 0.326. The fourth-order valence-corrected chi connectivity index (χ4v) is 3.21. The molecule has 70 valence electrons. The first kappa shape index (κ1) is 8.85. The molecule has 2 heterocycles. The highest BCUT2D eigenvalue weighted by Crippen LogP contribution is 2.52. The Labute approximate surface area is 80.5 Å². The van der Waals surface area contributed by atoms with Crippen molar-refractivity contribution in [2.75, 3.05) is 26.2 Å². The molecule has 0 aromatic carbocycles. The largest absolute Gasteiger partial charge is 0.301 e. The second kappa shape index (κ2) is 2.40. The predicted octanol–water partition coefficient (Wildman–Crippen LogP) is 1.25. The van der Waals surface area contributed by atoms with Gasteiger partial charge in [0.05, 0.1) is 0 Å². The Balaban J connectivity index is 2.18. The van der Waals surface area contributed by atoms with Crippen molar-refractivity contribution in [3.63, 3.8) is 0 Å². The lowest BCUT2D eigenvalue weighted by atomic mass is 9.67. The van der Waals surface area contributed by atoms with Gasteiger partial charge in [0.15, 0.2) is 0 Å². The van der Waals surface area contributed by atoms with E-state index >= 15 is 0 Å². The SMILES string of the molecule is CCN1C[C@@]2(C)CN(S)[C@@]2(C)C1. The smallest absolute Gasteiger partial charge is 0.0488 e. The summed E-state index contributed by atoms with van der Waals surface area (Å²) in [5.41, 5.74) is 0.816. The molecule has 2 aliphatic heterocycles. The molecule has 0 unspecified atom stereocenters. The number of likely N-dealkylation sites (tertiary alicyclic amines) is 1. The van der Waals surface area contributed by atoms with Crippen LogP contribution < -0.4 is 0 Å². The second-order valence-corrected chi connectivity index (χ2v) is 5.18. The van der Waals surface area contributed by atoms with E-state index in [1.54, 1.807) is 0 Å². The summed E-state index contributed by atoms with van der Waals surface area (Å²) >= 11 is 4.49. The maximum absolute atomic E-state index is 4.49. The van der Waals surface area contributed by atoms with Gasteiger partial charge in [-0.2, -0.15) is 0 Å². The van der Waals surface area contributed by atoms with Crippen LogP contribution in [-0.2, 0) is 0 Å². The average molecular weight is 186 g/mol. The van der Waals surface area contributed by atoms with Crippen LogP contribution in [0.5, 0.6) is 0 Å². The van der Waals surface area contributed by atoms with Gasteiger partial charge in [-0.05, 0) is 13.5 Å². The van der Waals surface area contributed by atoms with E-state index in [9.17, 15) is 0 Å². The second-order valence-electron chi connectivity index (χ2n) is 4.70. The van der Waals surface area contributed by atoms with Crippen LogP contribution in [0.2, 0.25) is 0 Å². The summed E-state index contributed by atoms with van der Waals surface area (Å²) in [6.07, 6.45) is 0. The molecule has 0 amide bonds. The highest BCUT2D eigenvalue weighted by Gasteiger charge is 2.62. The third-order valence-electron chi connectivity index (χ3n) is 3.92. The van der Waals surface area contributed by atoms with E-state index in [-0.39, 0.29) is 0 Å². The number of hydrogen-bond acceptors (Lipinski definition) is 3. The first-order valence-electron chi connectivity index (χ1n) is 4.71. The fraction of sp³-hybridized carbons (Fsp3) is 1.00. The molecule has 0 aliphatic carbocycles. The monoisotopic (exact) mass is 186 g/mol. The van der Waals surface area contributed by atoms with Crippen LogP contribution >= 0.6 is 12.8 Å². The van der Waals surface area contributed by atoms with Crippen LogP contribution in [0.1, 0.15) is 20.8 Å². The molecule has 0 radical (unpaired) electrons. The number of fused-ring (bicyclic) bond motifs is 1. The molecule has 0 aromatic rings. The van der Waals surface area contributed by atoms with E-state index in [0.29, 0.717) is 11.0 Å². The van der Waals surface area contributed by atoms with Crippen molar-refractivity contribution in [2.24, 2.45) is 5.41 Å². The summed E-state index contributed by atoms with van der Waals surface area (Å²) in [4.78, 5) is 2.52. The van der Waals surface area contributed by atoms with E-state index in [2.05, 4.69) is 42.8 Å². The molecule has 2 saturated heterocycles. The number of rotatable bonds is 1. The van der Waals surface area contributed by atoms with E-state index in [1.165, 1.54) is 19.6 Å². The zero-order valence-corrected chi connectivity index (χ0v) is 9.06. The topological polar surface area (TPSA) is 6.48 Å². The maximum Gasteiger partial charge on any atom is 0.0488 e. The molecule has 0 bridgehead atoms. The van der Waals surface area contributed by atoms with Gasteiger partial charge in [-0.3, -0.25) is 0 Å². The number of likely N-dealkylation sites (N-methyl/N-ethyl adjacent to an activating group) is 1. The van der Waals surface area contributed by atoms with E-state index in [1.807, 2.05) is 0 Å². The molecule has 0 N–H and O–H groups in total. The van der Waals surface area contributed by atoms with Crippen LogP contribution in [0.3, 0.4) is 0 Å². The standard InChI is InChI=1S/C9H18N2S/c1-4-10-5-8(2)6-11(12)9(8,3)7-10/h12H,4-7H2,1-3H3/t8-,9-/m0/s1. The predicted molar refractivity (Wildman–Crippen MR) is 54.3 cm³/mol. The first-order valence-corrected chi connectivity index (χ1v) is 5.11. The van der Waals surface area contributed by atoms with Gasteiger partial charge in [0.2, 0.25) is 0 Å². The molecule has 2 rings (SSSR count). The normalized spacial score (nSPS) is 49.0. The number of thiol groups is 1. The number of hydrogen-bond donors (Lipinski definition) is 1. The summed E-state index contributed by atoms with van der Waals surface area (Å²) < 4.78 is 2.20. The Bertz CT molecular complexity index is 209. The molecular formula is C9H18N2S. The van der Waals surface area contributed by atoms with Gasteiger partial charge >= 0.3 is 0 Å². The first-order chi connectivity index (χ1) is 5.52. The quantitative estimate of drug-likeness (QED) is 0.616. The van der Waals surface area contributed by atoms with Crippen molar-refractivity contribution in [3.05, 3.63) is 0 Å². The molecular weight excluding hydrogens is 168 g/mol. The Morgan fingerprint density at radius 2 is 1.92 bits per heavy atom. The van der Waals surface area contributed by atoms with Crippen LogP contribution in [0.4, 0.5) is 0 Å². The average Bonchev–Trinajstić information content (AvgIpc) is 2.21. The molecule has 0 saturated carbocycles. The van der Waals surface area contributed by atoms with Gasteiger partial charge in [-0.25, -0.2) is 4.31 Å². The molecule has 2 atom stereocenters. The molecule has 2 aliphatic rings. The summed E-state index contributed by atoms with van der Waals surface area (Å²) in [5.74, 6) is 0. The van der Waals surface area contributed by atoms with Crippen LogP contribution in [0.25, 0.3) is 0 Å². The summed E-state index contributed by atoms with van der Waals surface area (Å²) in [7, 11) is 0. The van der Waals surface area contributed by atoms with Crippen molar-refractivity contribution < 1.29 is 0 Å². The minimum absolute atomic E-state index is 0.326. The van der Waals surface area contributed by atoms with Gasteiger partial charge in [0, 0.05) is 30.6 Å². The Kier molecular flexibility index (Phi) is 1.77. The number of nitrogens with zero attached hydrogens (tertiary/aromatic N) is 2. The lowest BCUT2D eigenvalue weighted by Gasteiger charge is -2.57. The summed E-state index contributed by atoms with van der Waals surface area (Å²) in [5, 5.41) is 0. The van der Waals surface area contributed by atoms with Crippen molar-refractivity contribution >= 4 is 12.8 Å². The molecule has 3 heteroatoms. The lowest BCUT2D eigenvalue weighted by molar-refractivity contribution is -0.0246. The van der Waals surface area contributed by atoms with Crippen LogP contribution in [-0.4, -0.2) is 40.9 Å². The Morgan fingerprint density at radius 3 is 2.33 bits per heavy atom. The van der Waals surface area contributed by atoms with Gasteiger partial charge in [-0.15, -0.1) is 0 Å². The van der Waals surface area contributed by atoms with Gasteiger partial charge in [-0.1, -0.05) is 26.7 Å². The zero-order chi connectivity index (χ0) is 8.98. The molecule has 12 heavy (non-hydrogen) atoms. The van der Waals surface area contributed by atoms with Crippen LogP contribution in [0, 0.1) is 5.41 Å². The fourth-order valence-electron chi connectivity index (χ4n) is 2.60. The summed E-state index contributed by atoms with van der Waals surface area (Å²) in [6.45, 7) is 11.7. The highest BCUT2D eigenvalue weighted by molar-refractivity contribution is 7.77. The van der Waals surface area contributed by atoms with Crippen molar-refractivity contribution in [1.29, 1.82) is 0 Å². The summed E-state index contributed by atoms with van der Waals surface area (Å²) in [6, 6.07) is 0. The minimum Gasteiger partial charge on any atom is -0.301 e. The Hall–Kier alpha value is 0.270. The van der Waals surface area contributed by atoms with E-state index in [0.717, 1.165) is 6.54 Å². The van der Waals surface area contributed by atoms with Crippen molar-refractivity contribution in [1.82, 2.24) is 9.21 Å². The molecule has 0 aromatic heterocycles. The third kappa shape index (κ3) is 0.847. The third-order valence-corrected chi connectivity index (χ3v) is 4.50. The van der Waals surface area contributed by atoms with Crippen molar-refractivity contribution in [3.8, 4) is 0 Å². The van der Waals surface area contributed by atoms with E-state index < -0.39 is 0 Å². The van der Waals surface area contributed by atoms with Crippen molar-refractivity contribution in [2.45, 2.75) is 26.3 Å². The van der Waals surface area contributed by atoms with Crippen LogP contribution in [0.15, 0.2) is 0 Å². The Morgan fingerprint density at radius 1 is 1.25 bits per heavy atom. The van der Waals surface area contributed by atoms with Gasteiger partial charge in [0.1, 0.15) is 0 Å². The molecule has 2 fully saturated rings. The zero-order valence-electron chi connectivity index (χ0n) is 8.17. The highest BCUT2D eigenvalue weighted by atomic mass is 32.1.